The number of aromatic nitrogens is 2. The number of aryl methyl sites for hydroxylation is 2. The van der Waals surface area contributed by atoms with Crippen molar-refractivity contribution in [3.63, 3.8) is 0 Å². The van der Waals surface area contributed by atoms with Gasteiger partial charge in [-0.15, -0.1) is 0 Å². The summed E-state index contributed by atoms with van der Waals surface area (Å²) < 4.78 is 4.88. The Labute approximate surface area is 92.3 Å². The zero-order chi connectivity index (χ0) is 10.7. The second-order valence-corrected chi connectivity index (χ2v) is 4.16. The lowest BCUT2D eigenvalue weighted by molar-refractivity contribution is 0.385. The number of thiophene rings is 1. The van der Waals surface area contributed by atoms with Crippen LogP contribution < -0.4 is 5.32 Å². The van der Waals surface area contributed by atoms with E-state index in [0.29, 0.717) is 18.3 Å². The monoisotopic (exact) mass is 223 g/mol. The van der Waals surface area contributed by atoms with Crippen molar-refractivity contribution in [3.05, 3.63) is 33.6 Å². The van der Waals surface area contributed by atoms with E-state index in [0.717, 1.165) is 6.54 Å². The van der Waals surface area contributed by atoms with Crippen LogP contribution in [-0.4, -0.2) is 10.1 Å². The van der Waals surface area contributed by atoms with Gasteiger partial charge in [0.1, 0.15) is 0 Å². The summed E-state index contributed by atoms with van der Waals surface area (Å²) in [6.07, 6.45) is 0. The second-order valence-electron chi connectivity index (χ2n) is 3.41. The molecule has 0 spiro atoms. The molecule has 0 aromatic carbocycles. The molecule has 0 atom stereocenters. The van der Waals surface area contributed by atoms with Crippen molar-refractivity contribution in [1.82, 2.24) is 15.5 Å². The molecule has 0 bridgehead atoms. The molecule has 0 saturated carbocycles. The van der Waals surface area contributed by atoms with E-state index in [2.05, 4.69) is 33.1 Å². The molecule has 80 valence electrons. The van der Waals surface area contributed by atoms with Gasteiger partial charge in [0.15, 0.2) is 5.82 Å². The fourth-order valence-corrected chi connectivity index (χ4v) is 2.15. The number of rotatable bonds is 4. The summed E-state index contributed by atoms with van der Waals surface area (Å²) in [7, 11) is 0. The van der Waals surface area contributed by atoms with Crippen LogP contribution in [0.3, 0.4) is 0 Å². The normalized spacial score (nSPS) is 10.8. The molecule has 4 nitrogen and oxygen atoms in total. The molecule has 2 aromatic heterocycles. The topological polar surface area (TPSA) is 51.0 Å². The summed E-state index contributed by atoms with van der Waals surface area (Å²) in [4.78, 5) is 4.11. The highest BCUT2D eigenvalue weighted by molar-refractivity contribution is 7.08. The molecule has 0 unspecified atom stereocenters. The van der Waals surface area contributed by atoms with Crippen molar-refractivity contribution in [2.45, 2.75) is 26.9 Å². The fourth-order valence-electron chi connectivity index (χ4n) is 1.29. The summed E-state index contributed by atoms with van der Waals surface area (Å²) in [5.41, 5.74) is 2.66. The molecule has 1 N–H and O–H groups in total. The van der Waals surface area contributed by atoms with E-state index in [9.17, 15) is 0 Å². The van der Waals surface area contributed by atoms with E-state index in [1.807, 2.05) is 0 Å². The van der Waals surface area contributed by atoms with Gasteiger partial charge in [0.25, 0.3) is 0 Å². The first-order valence-corrected chi connectivity index (χ1v) is 5.71. The Morgan fingerprint density at radius 2 is 2.20 bits per heavy atom. The Balaban J connectivity index is 1.83. The van der Waals surface area contributed by atoms with Crippen LogP contribution in [0.15, 0.2) is 15.3 Å². The van der Waals surface area contributed by atoms with Crippen LogP contribution in [0.1, 0.15) is 22.8 Å². The molecule has 0 radical (unpaired) electrons. The third-order valence-corrected chi connectivity index (χ3v) is 3.04. The number of nitrogens with one attached hydrogen (secondary N) is 1. The van der Waals surface area contributed by atoms with Crippen LogP contribution >= 0.6 is 11.3 Å². The van der Waals surface area contributed by atoms with Gasteiger partial charge < -0.3 is 9.84 Å². The number of hydrogen-bond donors (Lipinski definition) is 1. The summed E-state index contributed by atoms with van der Waals surface area (Å²) in [5, 5.41) is 11.4. The molecule has 0 amide bonds. The predicted octanol–water partition coefficient (Wildman–Crippen LogP) is 2.04. The average Bonchev–Trinajstić information content (AvgIpc) is 2.77. The third-order valence-electron chi connectivity index (χ3n) is 2.13. The van der Waals surface area contributed by atoms with Gasteiger partial charge in [-0.25, -0.2) is 0 Å². The SMILES string of the molecule is Cc1nc(CNCc2cscc2C)no1. The molecule has 0 fully saturated rings. The first kappa shape index (κ1) is 10.3. The van der Waals surface area contributed by atoms with E-state index in [4.69, 9.17) is 4.52 Å². The number of nitrogens with zero attached hydrogens (tertiary/aromatic N) is 2. The van der Waals surface area contributed by atoms with Gasteiger partial charge in [-0.3, -0.25) is 0 Å². The lowest BCUT2D eigenvalue weighted by atomic mass is 10.2. The Kier molecular flexibility index (Phi) is 3.13. The molecule has 0 aliphatic rings. The summed E-state index contributed by atoms with van der Waals surface area (Å²) >= 11 is 1.73. The predicted molar refractivity (Wildman–Crippen MR) is 58.6 cm³/mol. The van der Waals surface area contributed by atoms with Crippen LogP contribution in [0, 0.1) is 13.8 Å². The maximum absolute atomic E-state index is 4.88. The smallest absolute Gasteiger partial charge is 0.223 e. The minimum Gasteiger partial charge on any atom is -0.340 e. The summed E-state index contributed by atoms with van der Waals surface area (Å²) in [5.74, 6) is 1.32. The van der Waals surface area contributed by atoms with E-state index in [1.165, 1.54) is 11.1 Å². The summed E-state index contributed by atoms with van der Waals surface area (Å²) in [6.45, 7) is 5.40. The van der Waals surface area contributed by atoms with Gasteiger partial charge in [0, 0.05) is 13.5 Å². The average molecular weight is 223 g/mol. The van der Waals surface area contributed by atoms with E-state index in [-0.39, 0.29) is 0 Å². The lowest BCUT2D eigenvalue weighted by Crippen LogP contribution is -2.13. The Morgan fingerprint density at radius 3 is 2.80 bits per heavy atom. The van der Waals surface area contributed by atoms with Gasteiger partial charge in [0.2, 0.25) is 5.89 Å². The number of hydrogen-bond acceptors (Lipinski definition) is 5. The second kappa shape index (κ2) is 4.55. The maximum Gasteiger partial charge on any atom is 0.223 e. The minimum absolute atomic E-state index is 0.610. The molecule has 0 aliphatic heterocycles. The molecule has 2 aromatic rings. The van der Waals surface area contributed by atoms with Gasteiger partial charge >= 0.3 is 0 Å². The molecule has 2 rings (SSSR count). The highest BCUT2D eigenvalue weighted by atomic mass is 32.1. The van der Waals surface area contributed by atoms with Crippen LogP contribution in [0.4, 0.5) is 0 Å². The van der Waals surface area contributed by atoms with Crippen molar-refractivity contribution < 1.29 is 4.52 Å². The Hall–Kier alpha value is -1.20. The van der Waals surface area contributed by atoms with Crippen molar-refractivity contribution >= 4 is 11.3 Å². The molecule has 0 aliphatic carbocycles. The van der Waals surface area contributed by atoms with Crippen molar-refractivity contribution in [2.75, 3.05) is 0 Å². The summed E-state index contributed by atoms with van der Waals surface area (Å²) in [6, 6.07) is 0. The fraction of sp³-hybridized carbons (Fsp3) is 0.400. The zero-order valence-electron chi connectivity index (χ0n) is 8.78. The maximum atomic E-state index is 4.88. The molecule has 5 heteroatoms. The Bertz CT molecular complexity index is 435. The highest BCUT2D eigenvalue weighted by Gasteiger charge is 2.02. The van der Waals surface area contributed by atoms with Crippen molar-refractivity contribution in [1.29, 1.82) is 0 Å². The van der Waals surface area contributed by atoms with Gasteiger partial charge in [0.05, 0.1) is 6.54 Å². The molecule has 2 heterocycles. The molecular weight excluding hydrogens is 210 g/mol. The van der Waals surface area contributed by atoms with E-state index in [1.54, 1.807) is 18.3 Å². The minimum atomic E-state index is 0.610. The van der Waals surface area contributed by atoms with Crippen molar-refractivity contribution in [2.24, 2.45) is 0 Å². The Morgan fingerprint density at radius 1 is 1.33 bits per heavy atom. The van der Waals surface area contributed by atoms with Gasteiger partial charge in [-0.1, -0.05) is 5.16 Å². The van der Waals surface area contributed by atoms with Gasteiger partial charge in [-0.05, 0) is 28.8 Å². The highest BCUT2D eigenvalue weighted by Crippen LogP contribution is 2.13. The zero-order valence-corrected chi connectivity index (χ0v) is 9.60. The van der Waals surface area contributed by atoms with E-state index >= 15 is 0 Å². The van der Waals surface area contributed by atoms with Crippen molar-refractivity contribution in [3.8, 4) is 0 Å². The standard InChI is InChI=1S/C10H13N3OS/c1-7-5-15-6-9(7)3-11-4-10-12-8(2)14-13-10/h5-6,11H,3-4H2,1-2H3. The molecule has 15 heavy (non-hydrogen) atoms. The van der Waals surface area contributed by atoms with Gasteiger partial charge in [-0.2, -0.15) is 16.3 Å². The van der Waals surface area contributed by atoms with E-state index < -0.39 is 0 Å². The first-order valence-electron chi connectivity index (χ1n) is 4.77. The lowest BCUT2D eigenvalue weighted by Gasteiger charge is -2.00. The first-order chi connectivity index (χ1) is 7.25. The largest absolute Gasteiger partial charge is 0.340 e. The quantitative estimate of drug-likeness (QED) is 0.861. The van der Waals surface area contributed by atoms with Crippen LogP contribution in [-0.2, 0) is 13.1 Å². The third kappa shape index (κ3) is 2.64. The van der Waals surface area contributed by atoms with Crippen LogP contribution in [0.5, 0.6) is 0 Å². The van der Waals surface area contributed by atoms with Crippen LogP contribution in [0.25, 0.3) is 0 Å². The molecular formula is C10H13N3OS. The van der Waals surface area contributed by atoms with Crippen LogP contribution in [0.2, 0.25) is 0 Å². The molecule has 0 saturated heterocycles.